The third kappa shape index (κ3) is 3.56. The van der Waals surface area contributed by atoms with Crippen molar-refractivity contribution in [2.45, 2.75) is 19.8 Å². The SMILES string of the molecule is C[C@@H](CC(=O)O)Cc1cccc(F)c1. The normalized spacial score (nSPS) is 12.4. The summed E-state index contributed by atoms with van der Waals surface area (Å²) in [5, 5.41) is 8.54. The first-order valence-corrected chi connectivity index (χ1v) is 4.54. The Morgan fingerprint density at radius 2 is 2.29 bits per heavy atom. The molecule has 0 aliphatic rings. The number of aliphatic carboxylic acids is 1. The van der Waals surface area contributed by atoms with Crippen LogP contribution in [0, 0.1) is 11.7 Å². The first kappa shape index (κ1) is 10.7. The molecule has 0 spiro atoms. The molecule has 1 N–H and O–H groups in total. The summed E-state index contributed by atoms with van der Waals surface area (Å²) < 4.78 is 12.8. The van der Waals surface area contributed by atoms with Crippen LogP contribution in [-0.4, -0.2) is 11.1 Å². The predicted octanol–water partition coefficient (Wildman–Crippen LogP) is 2.48. The number of benzene rings is 1. The average molecular weight is 196 g/mol. The molecule has 0 saturated carbocycles. The van der Waals surface area contributed by atoms with E-state index in [9.17, 15) is 9.18 Å². The lowest BCUT2D eigenvalue weighted by Crippen LogP contribution is -2.07. The molecule has 1 aromatic rings. The van der Waals surface area contributed by atoms with Gasteiger partial charge in [-0.1, -0.05) is 19.1 Å². The fourth-order valence-electron chi connectivity index (χ4n) is 1.44. The molecule has 76 valence electrons. The van der Waals surface area contributed by atoms with Crippen molar-refractivity contribution in [2.24, 2.45) is 5.92 Å². The molecule has 1 aromatic carbocycles. The maximum absolute atomic E-state index is 12.8. The highest BCUT2D eigenvalue weighted by atomic mass is 19.1. The van der Waals surface area contributed by atoms with Crippen molar-refractivity contribution in [1.82, 2.24) is 0 Å². The molecule has 0 heterocycles. The van der Waals surface area contributed by atoms with E-state index in [4.69, 9.17) is 5.11 Å². The van der Waals surface area contributed by atoms with Crippen LogP contribution in [-0.2, 0) is 11.2 Å². The van der Waals surface area contributed by atoms with Crippen LogP contribution in [0.3, 0.4) is 0 Å². The molecule has 0 unspecified atom stereocenters. The van der Waals surface area contributed by atoms with E-state index in [2.05, 4.69) is 0 Å². The fraction of sp³-hybridized carbons (Fsp3) is 0.364. The highest BCUT2D eigenvalue weighted by Crippen LogP contribution is 2.12. The minimum absolute atomic E-state index is 0.0364. The number of carboxylic acid groups (broad SMARTS) is 1. The Morgan fingerprint density at radius 1 is 1.57 bits per heavy atom. The number of carbonyl (C=O) groups is 1. The van der Waals surface area contributed by atoms with E-state index in [0.717, 1.165) is 5.56 Å². The number of rotatable bonds is 4. The van der Waals surface area contributed by atoms with Crippen LogP contribution < -0.4 is 0 Å². The summed E-state index contributed by atoms with van der Waals surface area (Å²) in [5.41, 5.74) is 0.846. The zero-order chi connectivity index (χ0) is 10.6. The summed E-state index contributed by atoms with van der Waals surface area (Å²) >= 11 is 0. The molecule has 0 fully saturated rings. The second kappa shape index (κ2) is 4.74. The number of hydrogen-bond donors (Lipinski definition) is 1. The molecule has 0 amide bonds. The van der Waals surface area contributed by atoms with Gasteiger partial charge in [0.2, 0.25) is 0 Å². The molecular formula is C11H13FO2. The monoisotopic (exact) mass is 196 g/mol. The first-order chi connectivity index (χ1) is 6.58. The summed E-state index contributed by atoms with van der Waals surface area (Å²) in [6.07, 6.45) is 0.723. The van der Waals surface area contributed by atoms with E-state index in [1.807, 2.05) is 6.92 Å². The Labute approximate surface area is 82.4 Å². The smallest absolute Gasteiger partial charge is 0.303 e. The molecule has 3 heteroatoms. The summed E-state index contributed by atoms with van der Waals surface area (Å²) in [5.74, 6) is -1.05. The molecule has 2 nitrogen and oxygen atoms in total. The van der Waals surface area contributed by atoms with Crippen molar-refractivity contribution in [3.63, 3.8) is 0 Å². The van der Waals surface area contributed by atoms with Crippen LogP contribution in [0.4, 0.5) is 4.39 Å². The van der Waals surface area contributed by atoms with Gasteiger partial charge < -0.3 is 5.11 Å². The Morgan fingerprint density at radius 3 is 2.86 bits per heavy atom. The van der Waals surface area contributed by atoms with Crippen molar-refractivity contribution in [1.29, 1.82) is 0 Å². The maximum atomic E-state index is 12.8. The fourth-order valence-corrected chi connectivity index (χ4v) is 1.44. The van der Waals surface area contributed by atoms with Crippen molar-refractivity contribution in [3.8, 4) is 0 Å². The second-order valence-electron chi connectivity index (χ2n) is 3.54. The van der Waals surface area contributed by atoms with Crippen LogP contribution in [0.15, 0.2) is 24.3 Å². The zero-order valence-corrected chi connectivity index (χ0v) is 8.03. The molecule has 0 aromatic heterocycles. The minimum Gasteiger partial charge on any atom is -0.481 e. The summed E-state index contributed by atoms with van der Waals surface area (Å²) in [4.78, 5) is 10.4. The van der Waals surface area contributed by atoms with E-state index < -0.39 is 5.97 Å². The largest absolute Gasteiger partial charge is 0.481 e. The molecule has 0 aliphatic heterocycles. The van der Waals surface area contributed by atoms with Gasteiger partial charge in [-0.05, 0) is 30.0 Å². The first-order valence-electron chi connectivity index (χ1n) is 4.54. The maximum Gasteiger partial charge on any atom is 0.303 e. The highest BCUT2D eigenvalue weighted by Gasteiger charge is 2.08. The Hall–Kier alpha value is -1.38. The Bertz CT molecular complexity index is 323. The van der Waals surface area contributed by atoms with Gasteiger partial charge >= 0.3 is 5.97 Å². The second-order valence-corrected chi connectivity index (χ2v) is 3.54. The summed E-state index contributed by atoms with van der Waals surface area (Å²) in [6.45, 7) is 1.85. The van der Waals surface area contributed by atoms with Crippen molar-refractivity contribution in [2.75, 3.05) is 0 Å². The lowest BCUT2D eigenvalue weighted by molar-refractivity contribution is -0.137. The molecule has 0 radical (unpaired) electrons. The Kier molecular flexibility index (Phi) is 3.63. The van der Waals surface area contributed by atoms with Gasteiger partial charge in [0, 0.05) is 6.42 Å². The summed E-state index contributed by atoms with van der Waals surface area (Å²) in [7, 11) is 0. The lowest BCUT2D eigenvalue weighted by atomic mass is 9.98. The van der Waals surface area contributed by atoms with Crippen molar-refractivity contribution in [3.05, 3.63) is 35.6 Å². The molecule has 0 aliphatic carbocycles. The van der Waals surface area contributed by atoms with E-state index >= 15 is 0 Å². The number of hydrogen-bond acceptors (Lipinski definition) is 1. The van der Waals surface area contributed by atoms with Crippen LogP contribution in [0.5, 0.6) is 0 Å². The van der Waals surface area contributed by atoms with Gasteiger partial charge in [-0.3, -0.25) is 4.79 Å². The van der Waals surface area contributed by atoms with Gasteiger partial charge in [-0.15, -0.1) is 0 Å². The Balaban J connectivity index is 2.55. The van der Waals surface area contributed by atoms with Gasteiger partial charge in [-0.25, -0.2) is 4.39 Å². The van der Waals surface area contributed by atoms with E-state index in [-0.39, 0.29) is 18.2 Å². The van der Waals surface area contributed by atoms with E-state index in [1.54, 1.807) is 12.1 Å². The number of halogens is 1. The van der Waals surface area contributed by atoms with Gasteiger partial charge in [-0.2, -0.15) is 0 Å². The topological polar surface area (TPSA) is 37.3 Å². The van der Waals surface area contributed by atoms with Crippen LogP contribution in [0.1, 0.15) is 18.9 Å². The average Bonchev–Trinajstić information content (AvgIpc) is 2.01. The predicted molar refractivity (Wildman–Crippen MR) is 51.5 cm³/mol. The van der Waals surface area contributed by atoms with E-state index in [0.29, 0.717) is 6.42 Å². The number of carboxylic acids is 1. The molecule has 0 saturated heterocycles. The van der Waals surface area contributed by atoms with Crippen LogP contribution in [0.25, 0.3) is 0 Å². The molecule has 1 rings (SSSR count). The van der Waals surface area contributed by atoms with Gasteiger partial charge in [0.05, 0.1) is 0 Å². The zero-order valence-electron chi connectivity index (χ0n) is 8.03. The van der Waals surface area contributed by atoms with Gasteiger partial charge in [0.25, 0.3) is 0 Å². The molecule has 14 heavy (non-hydrogen) atoms. The van der Waals surface area contributed by atoms with Crippen LogP contribution >= 0.6 is 0 Å². The molecular weight excluding hydrogens is 183 g/mol. The lowest BCUT2D eigenvalue weighted by Gasteiger charge is -2.08. The van der Waals surface area contributed by atoms with Crippen molar-refractivity contribution >= 4 is 5.97 Å². The quantitative estimate of drug-likeness (QED) is 0.803. The standard InChI is InChI=1S/C11H13FO2/c1-8(6-11(13)14)5-9-3-2-4-10(12)7-9/h2-4,7-8H,5-6H2,1H3,(H,13,14)/t8-/m1/s1. The van der Waals surface area contributed by atoms with E-state index in [1.165, 1.54) is 12.1 Å². The third-order valence-corrected chi connectivity index (χ3v) is 2.00. The van der Waals surface area contributed by atoms with Gasteiger partial charge in [0.15, 0.2) is 0 Å². The highest BCUT2D eigenvalue weighted by molar-refractivity contribution is 5.67. The molecule has 0 bridgehead atoms. The summed E-state index contributed by atoms with van der Waals surface area (Å²) in [6, 6.07) is 6.27. The van der Waals surface area contributed by atoms with Crippen molar-refractivity contribution < 1.29 is 14.3 Å². The van der Waals surface area contributed by atoms with Gasteiger partial charge in [0.1, 0.15) is 5.82 Å². The minimum atomic E-state index is -0.811. The van der Waals surface area contributed by atoms with Crippen LogP contribution in [0.2, 0.25) is 0 Å². The molecule has 1 atom stereocenters. The third-order valence-electron chi connectivity index (χ3n) is 2.00.